The van der Waals surface area contributed by atoms with Gasteiger partial charge in [-0.25, -0.2) is 4.98 Å². The molecule has 1 amide bonds. The van der Waals surface area contributed by atoms with Crippen molar-refractivity contribution in [2.24, 2.45) is 0 Å². The molecular formula is C24H28N2O4. The molecular weight excluding hydrogens is 380 g/mol. The maximum atomic E-state index is 12.2. The summed E-state index contributed by atoms with van der Waals surface area (Å²) in [7, 11) is 0. The Kier molecular flexibility index (Phi) is 7.89. The molecule has 0 spiro atoms. The Balaban J connectivity index is 1.44. The van der Waals surface area contributed by atoms with Crippen LogP contribution in [0.4, 0.5) is 0 Å². The number of nitrogens with one attached hydrogen (secondary N) is 1. The summed E-state index contributed by atoms with van der Waals surface area (Å²) in [6.45, 7) is 5.61. The first-order chi connectivity index (χ1) is 14.7. The molecule has 0 bridgehead atoms. The number of carbonyl (C=O) groups is 1. The number of amides is 1. The minimum absolute atomic E-state index is 0.0228. The summed E-state index contributed by atoms with van der Waals surface area (Å²) in [5.41, 5.74) is 2.06. The van der Waals surface area contributed by atoms with Gasteiger partial charge in [0, 0.05) is 24.9 Å². The summed E-state index contributed by atoms with van der Waals surface area (Å²) in [6, 6.07) is 15.7. The molecule has 1 N–H and O–H groups in total. The van der Waals surface area contributed by atoms with Gasteiger partial charge in [0.25, 0.3) is 0 Å². The van der Waals surface area contributed by atoms with Gasteiger partial charge in [-0.3, -0.25) is 4.79 Å². The maximum absolute atomic E-state index is 12.2. The van der Waals surface area contributed by atoms with E-state index in [1.807, 2.05) is 62.4 Å². The summed E-state index contributed by atoms with van der Waals surface area (Å²) in [5.74, 6) is 2.74. The molecule has 158 valence electrons. The smallest absolute Gasteiger partial charge is 0.220 e. The fraction of sp³-hybridized carbons (Fsp3) is 0.333. The van der Waals surface area contributed by atoms with E-state index in [9.17, 15) is 4.79 Å². The van der Waals surface area contributed by atoms with Crippen molar-refractivity contribution in [1.82, 2.24) is 10.3 Å². The molecule has 0 radical (unpaired) electrons. The third kappa shape index (κ3) is 6.11. The van der Waals surface area contributed by atoms with Gasteiger partial charge in [0.1, 0.15) is 0 Å². The molecule has 0 saturated heterocycles. The number of hydrogen-bond donors (Lipinski definition) is 1. The van der Waals surface area contributed by atoms with Gasteiger partial charge in [0.05, 0.1) is 19.4 Å². The van der Waals surface area contributed by atoms with Gasteiger partial charge in [-0.2, -0.15) is 0 Å². The highest BCUT2D eigenvalue weighted by molar-refractivity contribution is 5.76. The molecule has 0 aliphatic carbocycles. The Morgan fingerprint density at radius 1 is 1.00 bits per heavy atom. The Hall–Kier alpha value is -3.28. The first kappa shape index (κ1) is 21.4. The maximum Gasteiger partial charge on any atom is 0.220 e. The lowest BCUT2D eigenvalue weighted by Gasteiger charge is -2.12. The molecule has 3 rings (SSSR count). The van der Waals surface area contributed by atoms with E-state index in [0.717, 1.165) is 29.0 Å². The second-order valence-corrected chi connectivity index (χ2v) is 6.73. The van der Waals surface area contributed by atoms with E-state index < -0.39 is 0 Å². The van der Waals surface area contributed by atoms with Crippen LogP contribution < -0.4 is 14.8 Å². The van der Waals surface area contributed by atoms with Crippen molar-refractivity contribution < 1.29 is 18.7 Å². The lowest BCUT2D eigenvalue weighted by atomic mass is 10.1. The van der Waals surface area contributed by atoms with E-state index in [2.05, 4.69) is 10.3 Å². The zero-order valence-corrected chi connectivity index (χ0v) is 17.5. The predicted molar refractivity (Wildman–Crippen MR) is 116 cm³/mol. The largest absolute Gasteiger partial charge is 0.490 e. The molecule has 1 aromatic heterocycles. The number of nitrogens with zero attached hydrogens (tertiary/aromatic N) is 1. The minimum Gasteiger partial charge on any atom is -0.490 e. The van der Waals surface area contributed by atoms with E-state index in [1.165, 1.54) is 0 Å². The SMILES string of the molecule is CCOc1ccc(CCNC(=O)CCc2ncc(-c3ccccc3)o2)cc1OCC. The van der Waals surface area contributed by atoms with Crippen LogP contribution in [0.1, 0.15) is 31.7 Å². The van der Waals surface area contributed by atoms with Crippen LogP contribution >= 0.6 is 0 Å². The van der Waals surface area contributed by atoms with Crippen LogP contribution in [-0.4, -0.2) is 30.6 Å². The Morgan fingerprint density at radius 3 is 2.53 bits per heavy atom. The van der Waals surface area contributed by atoms with Crippen LogP contribution in [0.25, 0.3) is 11.3 Å². The van der Waals surface area contributed by atoms with Gasteiger partial charge in [0.15, 0.2) is 23.1 Å². The van der Waals surface area contributed by atoms with Gasteiger partial charge < -0.3 is 19.2 Å². The first-order valence-electron chi connectivity index (χ1n) is 10.3. The van der Waals surface area contributed by atoms with Gasteiger partial charge in [-0.1, -0.05) is 36.4 Å². The van der Waals surface area contributed by atoms with E-state index in [0.29, 0.717) is 44.3 Å². The molecule has 0 fully saturated rings. The Morgan fingerprint density at radius 2 is 1.77 bits per heavy atom. The average Bonchev–Trinajstić information content (AvgIpc) is 3.24. The third-order valence-electron chi connectivity index (χ3n) is 4.52. The summed E-state index contributed by atoms with van der Waals surface area (Å²) in [4.78, 5) is 16.4. The molecule has 2 aromatic carbocycles. The number of benzene rings is 2. The number of hydrogen-bond acceptors (Lipinski definition) is 5. The monoisotopic (exact) mass is 408 g/mol. The number of oxazole rings is 1. The summed E-state index contributed by atoms with van der Waals surface area (Å²) >= 11 is 0. The van der Waals surface area contributed by atoms with E-state index in [-0.39, 0.29) is 5.91 Å². The number of carbonyl (C=O) groups excluding carboxylic acids is 1. The number of rotatable bonds is 11. The van der Waals surface area contributed by atoms with Crippen LogP contribution in [0.3, 0.4) is 0 Å². The summed E-state index contributed by atoms with van der Waals surface area (Å²) < 4.78 is 17.0. The van der Waals surface area contributed by atoms with Crippen molar-refractivity contribution in [1.29, 1.82) is 0 Å². The topological polar surface area (TPSA) is 73.6 Å². The highest BCUT2D eigenvalue weighted by Crippen LogP contribution is 2.28. The molecule has 3 aromatic rings. The lowest BCUT2D eigenvalue weighted by Crippen LogP contribution is -2.25. The number of aryl methyl sites for hydroxylation is 1. The normalized spacial score (nSPS) is 10.6. The van der Waals surface area contributed by atoms with Gasteiger partial charge in [0.2, 0.25) is 5.91 Å². The van der Waals surface area contributed by atoms with E-state index >= 15 is 0 Å². The van der Waals surface area contributed by atoms with Crippen molar-refractivity contribution in [2.75, 3.05) is 19.8 Å². The zero-order chi connectivity index (χ0) is 21.2. The Labute approximate surface area is 177 Å². The standard InChI is InChI=1S/C24H28N2O4/c1-3-28-20-11-10-18(16-21(20)29-4-2)14-15-25-23(27)12-13-24-26-17-22(30-24)19-8-6-5-7-9-19/h5-11,16-17H,3-4,12-15H2,1-2H3,(H,25,27). The lowest BCUT2D eigenvalue weighted by molar-refractivity contribution is -0.121. The van der Waals surface area contributed by atoms with Crippen LogP contribution in [0.2, 0.25) is 0 Å². The predicted octanol–water partition coefficient (Wildman–Crippen LogP) is 4.43. The molecule has 6 heteroatoms. The van der Waals surface area contributed by atoms with Crippen molar-refractivity contribution in [3.63, 3.8) is 0 Å². The Bertz CT molecular complexity index is 937. The fourth-order valence-corrected chi connectivity index (χ4v) is 3.07. The van der Waals surface area contributed by atoms with Crippen LogP contribution in [-0.2, 0) is 17.6 Å². The molecule has 0 saturated carbocycles. The van der Waals surface area contributed by atoms with Crippen LogP contribution in [0.15, 0.2) is 59.1 Å². The number of ether oxygens (including phenoxy) is 2. The molecule has 1 heterocycles. The highest BCUT2D eigenvalue weighted by Gasteiger charge is 2.10. The van der Waals surface area contributed by atoms with Gasteiger partial charge >= 0.3 is 0 Å². The van der Waals surface area contributed by atoms with Crippen molar-refractivity contribution in [3.05, 3.63) is 66.2 Å². The average molecular weight is 408 g/mol. The third-order valence-corrected chi connectivity index (χ3v) is 4.52. The molecule has 0 unspecified atom stereocenters. The molecule has 0 aliphatic heterocycles. The van der Waals surface area contributed by atoms with Crippen LogP contribution in [0, 0.1) is 0 Å². The van der Waals surface area contributed by atoms with Crippen molar-refractivity contribution >= 4 is 5.91 Å². The molecule has 0 aliphatic rings. The first-order valence-corrected chi connectivity index (χ1v) is 10.3. The second-order valence-electron chi connectivity index (χ2n) is 6.73. The molecule has 6 nitrogen and oxygen atoms in total. The summed E-state index contributed by atoms with van der Waals surface area (Å²) in [5, 5.41) is 2.95. The highest BCUT2D eigenvalue weighted by atomic mass is 16.5. The quantitative estimate of drug-likeness (QED) is 0.508. The molecule has 0 atom stereocenters. The summed E-state index contributed by atoms with van der Waals surface area (Å²) in [6.07, 6.45) is 3.22. The van der Waals surface area contributed by atoms with Gasteiger partial charge in [-0.15, -0.1) is 0 Å². The number of aromatic nitrogens is 1. The van der Waals surface area contributed by atoms with Crippen molar-refractivity contribution in [3.8, 4) is 22.8 Å². The van der Waals surface area contributed by atoms with Crippen molar-refractivity contribution in [2.45, 2.75) is 33.1 Å². The zero-order valence-electron chi connectivity index (χ0n) is 17.5. The van der Waals surface area contributed by atoms with E-state index in [4.69, 9.17) is 13.9 Å². The second kappa shape index (κ2) is 11.0. The fourth-order valence-electron chi connectivity index (χ4n) is 3.07. The van der Waals surface area contributed by atoms with Gasteiger partial charge in [-0.05, 0) is 38.0 Å². The molecule has 30 heavy (non-hydrogen) atoms. The minimum atomic E-state index is -0.0228. The van der Waals surface area contributed by atoms with Crippen LogP contribution in [0.5, 0.6) is 11.5 Å². The van der Waals surface area contributed by atoms with E-state index in [1.54, 1.807) is 6.20 Å².